The molecule has 0 aliphatic heterocycles. The summed E-state index contributed by atoms with van der Waals surface area (Å²) in [5.74, 6) is 2.68. The molecule has 114 valence electrons. The van der Waals surface area contributed by atoms with Gasteiger partial charge in [-0.15, -0.1) is 0 Å². The molecule has 4 bridgehead atoms. The number of carbonyl (C=O) groups is 1. The summed E-state index contributed by atoms with van der Waals surface area (Å²) in [6, 6.07) is 3.76. The predicted octanol–water partition coefficient (Wildman–Crippen LogP) is 4.02. The van der Waals surface area contributed by atoms with Crippen LogP contribution in [-0.2, 0) is 11.3 Å². The van der Waals surface area contributed by atoms with Gasteiger partial charge in [0.15, 0.2) is 0 Å². The Kier molecular flexibility index (Phi) is 3.21. The quantitative estimate of drug-likeness (QED) is 0.832. The summed E-state index contributed by atoms with van der Waals surface area (Å²) in [4.78, 5) is 12.4. The molecule has 4 fully saturated rings. The van der Waals surface area contributed by atoms with Gasteiger partial charge in [0, 0.05) is 10.7 Å². The van der Waals surface area contributed by atoms with Gasteiger partial charge < -0.3 is 9.73 Å². The summed E-state index contributed by atoms with van der Waals surface area (Å²) in [7, 11) is 0. The monoisotopic (exact) mass is 351 g/mol. The molecule has 0 spiro atoms. The minimum Gasteiger partial charge on any atom is -0.467 e. The van der Waals surface area contributed by atoms with Crippen LogP contribution in [0.5, 0.6) is 0 Å². The minimum absolute atomic E-state index is 0.185. The topological polar surface area (TPSA) is 42.2 Å². The second-order valence-electron chi connectivity index (χ2n) is 7.64. The fourth-order valence-electron chi connectivity index (χ4n) is 5.54. The first-order valence-electron chi connectivity index (χ1n) is 8.02. The molecule has 21 heavy (non-hydrogen) atoms. The number of nitrogens with one attached hydrogen (secondary N) is 1. The van der Waals surface area contributed by atoms with Crippen molar-refractivity contribution in [2.24, 2.45) is 17.3 Å². The Morgan fingerprint density at radius 2 is 2.10 bits per heavy atom. The van der Waals surface area contributed by atoms with Crippen LogP contribution < -0.4 is 5.32 Å². The van der Waals surface area contributed by atoms with Crippen molar-refractivity contribution in [3.8, 4) is 0 Å². The lowest BCUT2D eigenvalue weighted by atomic mass is 9.48. The van der Waals surface area contributed by atoms with Crippen molar-refractivity contribution in [2.45, 2.75) is 55.8 Å². The zero-order valence-electron chi connectivity index (χ0n) is 12.2. The Bertz CT molecular complexity index is 525. The molecule has 4 aliphatic carbocycles. The Hall–Kier alpha value is -0.770. The third-order valence-corrected chi connectivity index (χ3v) is 6.61. The first-order chi connectivity index (χ1) is 10.0. The molecule has 0 unspecified atom stereocenters. The standard InChI is InChI=1S/C17H22BrNO2/c18-17-7-12-4-13(8-17)6-16(5-12,11-17)9-15(20)19-10-14-2-1-3-21-14/h1-3,12-13H,4-11H2,(H,19,20)/t12-,13-,16?,17?/m1/s1. The van der Waals surface area contributed by atoms with Gasteiger partial charge in [-0.05, 0) is 67.9 Å². The second-order valence-corrected chi connectivity index (χ2v) is 9.33. The van der Waals surface area contributed by atoms with Crippen molar-refractivity contribution in [3.63, 3.8) is 0 Å². The van der Waals surface area contributed by atoms with Crippen molar-refractivity contribution in [1.82, 2.24) is 5.32 Å². The van der Waals surface area contributed by atoms with Gasteiger partial charge in [-0.25, -0.2) is 0 Å². The summed E-state index contributed by atoms with van der Waals surface area (Å²) in [6.45, 7) is 0.508. The van der Waals surface area contributed by atoms with Gasteiger partial charge in [0.2, 0.25) is 5.91 Å². The molecule has 2 atom stereocenters. The molecule has 4 heteroatoms. The van der Waals surface area contributed by atoms with Crippen LogP contribution in [0.15, 0.2) is 22.8 Å². The lowest BCUT2D eigenvalue weighted by Gasteiger charge is -2.60. The predicted molar refractivity (Wildman–Crippen MR) is 83.9 cm³/mol. The first-order valence-corrected chi connectivity index (χ1v) is 8.82. The third kappa shape index (κ3) is 2.67. The van der Waals surface area contributed by atoms with E-state index in [0.717, 1.165) is 17.6 Å². The molecular formula is C17H22BrNO2. The first kappa shape index (κ1) is 13.9. The fraction of sp³-hybridized carbons (Fsp3) is 0.706. The zero-order chi connectivity index (χ0) is 14.5. The zero-order valence-corrected chi connectivity index (χ0v) is 13.8. The Morgan fingerprint density at radius 1 is 1.33 bits per heavy atom. The maximum absolute atomic E-state index is 12.4. The Morgan fingerprint density at radius 3 is 2.71 bits per heavy atom. The molecule has 0 radical (unpaired) electrons. The van der Waals surface area contributed by atoms with Crippen LogP contribution in [-0.4, -0.2) is 10.2 Å². The number of hydrogen-bond acceptors (Lipinski definition) is 2. The van der Waals surface area contributed by atoms with E-state index in [1.165, 1.54) is 38.5 Å². The maximum atomic E-state index is 12.4. The molecule has 4 saturated carbocycles. The molecule has 1 aromatic rings. The molecule has 3 nitrogen and oxygen atoms in total. The van der Waals surface area contributed by atoms with E-state index in [1.807, 2.05) is 12.1 Å². The molecule has 0 aromatic carbocycles. The van der Waals surface area contributed by atoms with E-state index >= 15 is 0 Å². The van der Waals surface area contributed by atoms with Gasteiger partial charge in [0.1, 0.15) is 5.76 Å². The molecule has 0 saturated heterocycles. The number of alkyl halides is 1. The highest BCUT2D eigenvalue weighted by atomic mass is 79.9. The van der Waals surface area contributed by atoms with Gasteiger partial charge in [-0.2, -0.15) is 0 Å². The number of halogens is 1. The third-order valence-electron chi connectivity index (χ3n) is 5.69. The van der Waals surface area contributed by atoms with Crippen LogP contribution in [0.25, 0.3) is 0 Å². The molecule has 1 aromatic heterocycles. The van der Waals surface area contributed by atoms with E-state index in [2.05, 4.69) is 21.2 Å². The van der Waals surface area contributed by atoms with E-state index < -0.39 is 0 Å². The highest BCUT2D eigenvalue weighted by Gasteiger charge is 2.57. The molecule has 5 rings (SSSR count). The molecule has 4 aliphatic rings. The van der Waals surface area contributed by atoms with Crippen molar-refractivity contribution in [2.75, 3.05) is 0 Å². The summed E-state index contributed by atoms with van der Waals surface area (Å²) >= 11 is 4.01. The number of amides is 1. The van der Waals surface area contributed by atoms with E-state index in [1.54, 1.807) is 6.26 Å². The number of furan rings is 1. The number of rotatable bonds is 4. The van der Waals surface area contributed by atoms with Crippen molar-refractivity contribution in [3.05, 3.63) is 24.2 Å². The normalized spacial score (nSPS) is 40.4. The highest BCUT2D eigenvalue weighted by molar-refractivity contribution is 9.10. The summed E-state index contributed by atoms with van der Waals surface area (Å²) in [5, 5.41) is 3.02. The van der Waals surface area contributed by atoms with E-state index in [0.29, 0.717) is 17.3 Å². The van der Waals surface area contributed by atoms with Gasteiger partial charge in [-0.3, -0.25) is 4.79 Å². The van der Waals surface area contributed by atoms with E-state index in [4.69, 9.17) is 4.42 Å². The average molecular weight is 352 g/mol. The largest absolute Gasteiger partial charge is 0.467 e. The SMILES string of the molecule is O=C(CC12C[C@H]3C[C@@H](CC(Br)(C3)C1)C2)NCc1ccco1. The van der Waals surface area contributed by atoms with Gasteiger partial charge >= 0.3 is 0 Å². The van der Waals surface area contributed by atoms with Gasteiger partial charge in [-0.1, -0.05) is 15.9 Å². The van der Waals surface area contributed by atoms with Crippen molar-refractivity contribution in [1.29, 1.82) is 0 Å². The average Bonchev–Trinajstić information content (AvgIpc) is 2.85. The minimum atomic E-state index is 0.185. The fourth-order valence-corrected chi connectivity index (χ4v) is 7.06. The summed E-state index contributed by atoms with van der Waals surface area (Å²) in [6.07, 6.45) is 10.1. The summed E-state index contributed by atoms with van der Waals surface area (Å²) in [5.41, 5.74) is 0.251. The summed E-state index contributed by atoms with van der Waals surface area (Å²) < 4.78 is 5.60. The molecular weight excluding hydrogens is 330 g/mol. The second kappa shape index (κ2) is 4.87. The van der Waals surface area contributed by atoms with Crippen LogP contribution >= 0.6 is 15.9 Å². The van der Waals surface area contributed by atoms with Gasteiger partial charge in [0.05, 0.1) is 12.8 Å². The van der Waals surface area contributed by atoms with E-state index in [9.17, 15) is 4.79 Å². The molecule has 1 amide bonds. The van der Waals surface area contributed by atoms with Crippen LogP contribution in [0.4, 0.5) is 0 Å². The number of hydrogen-bond donors (Lipinski definition) is 1. The van der Waals surface area contributed by atoms with Crippen LogP contribution in [0.2, 0.25) is 0 Å². The Labute approximate surface area is 134 Å². The van der Waals surface area contributed by atoms with Crippen LogP contribution in [0.1, 0.15) is 50.7 Å². The van der Waals surface area contributed by atoms with Crippen LogP contribution in [0, 0.1) is 17.3 Å². The van der Waals surface area contributed by atoms with E-state index in [-0.39, 0.29) is 11.3 Å². The highest BCUT2D eigenvalue weighted by Crippen LogP contribution is 2.65. The lowest BCUT2D eigenvalue weighted by Crippen LogP contribution is -2.54. The van der Waals surface area contributed by atoms with Crippen molar-refractivity contribution >= 4 is 21.8 Å². The van der Waals surface area contributed by atoms with Crippen molar-refractivity contribution < 1.29 is 9.21 Å². The lowest BCUT2D eigenvalue weighted by molar-refractivity contribution is -0.128. The Balaban J connectivity index is 1.41. The van der Waals surface area contributed by atoms with Crippen LogP contribution in [0.3, 0.4) is 0 Å². The maximum Gasteiger partial charge on any atom is 0.220 e. The molecule has 1 N–H and O–H groups in total. The van der Waals surface area contributed by atoms with Gasteiger partial charge in [0.25, 0.3) is 0 Å². The number of carbonyl (C=O) groups excluding carboxylic acids is 1. The molecule has 1 heterocycles. The smallest absolute Gasteiger partial charge is 0.220 e.